The van der Waals surface area contributed by atoms with Crippen LogP contribution in [0.1, 0.15) is 21.8 Å². The number of hydrogen-bond acceptors (Lipinski definition) is 6. The summed E-state index contributed by atoms with van der Waals surface area (Å²) >= 11 is 3.37. The van der Waals surface area contributed by atoms with Crippen LogP contribution in [-0.4, -0.2) is 21.0 Å². The Morgan fingerprint density at radius 1 is 1.31 bits per heavy atom. The van der Waals surface area contributed by atoms with Gasteiger partial charge in [-0.05, 0) is 24.6 Å². The van der Waals surface area contributed by atoms with Crippen LogP contribution < -0.4 is 5.32 Å². The Balaban J connectivity index is 1.71. The fourth-order valence-electron chi connectivity index (χ4n) is 2.29. The molecule has 0 spiro atoms. The van der Waals surface area contributed by atoms with Gasteiger partial charge in [0, 0.05) is 27.7 Å². The lowest BCUT2D eigenvalue weighted by Crippen LogP contribution is -2.23. The first-order valence-electron chi connectivity index (χ1n) is 7.56. The van der Waals surface area contributed by atoms with E-state index in [9.17, 15) is 14.9 Å². The highest BCUT2D eigenvalue weighted by atomic mass is 79.9. The molecule has 1 heterocycles. The molecule has 0 atom stereocenters. The molecule has 0 aliphatic carbocycles. The Morgan fingerprint density at radius 2 is 2.12 bits per heavy atom. The minimum absolute atomic E-state index is 0.0158. The van der Waals surface area contributed by atoms with Gasteiger partial charge in [0.1, 0.15) is 0 Å². The summed E-state index contributed by atoms with van der Waals surface area (Å²) in [7, 11) is 0. The van der Waals surface area contributed by atoms with Gasteiger partial charge >= 0.3 is 0 Å². The molecule has 0 fully saturated rings. The topological polar surface area (TPSA) is 111 Å². The average Bonchev–Trinajstić information content (AvgIpc) is 3.09. The van der Waals surface area contributed by atoms with E-state index < -0.39 is 10.8 Å². The first-order chi connectivity index (χ1) is 12.4. The highest BCUT2D eigenvalue weighted by molar-refractivity contribution is 9.10. The molecule has 3 aromatic rings. The van der Waals surface area contributed by atoms with Gasteiger partial charge in [-0.15, -0.1) is 0 Å². The van der Waals surface area contributed by atoms with Crippen LogP contribution in [0.5, 0.6) is 0 Å². The van der Waals surface area contributed by atoms with E-state index in [4.69, 9.17) is 4.52 Å². The van der Waals surface area contributed by atoms with E-state index in [1.807, 2.05) is 24.3 Å². The second kappa shape index (κ2) is 7.44. The number of carbonyl (C=O) groups excluding carboxylic acids is 1. The molecule has 26 heavy (non-hydrogen) atoms. The normalized spacial score (nSPS) is 10.5. The molecule has 0 bridgehead atoms. The zero-order valence-corrected chi connectivity index (χ0v) is 15.2. The highest BCUT2D eigenvalue weighted by Crippen LogP contribution is 2.20. The van der Waals surface area contributed by atoms with Crippen molar-refractivity contribution in [1.29, 1.82) is 0 Å². The number of benzene rings is 2. The van der Waals surface area contributed by atoms with E-state index in [1.54, 1.807) is 6.92 Å². The van der Waals surface area contributed by atoms with Gasteiger partial charge in [-0.3, -0.25) is 14.9 Å². The summed E-state index contributed by atoms with van der Waals surface area (Å²) in [6.07, 6.45) is 0. The standard InChI is InChI=1S/C17H13BrN4O4/c1-10-5-6-13(22(24)25)8-14(10)17(23)19-9-15-20-16(21-26-15)11-3-2-4-12(18)7-11/h2-8H,9H2,1H3,(H,19,23). The lowest BCUT2D eigenvalue weighted by molar-refractivity contribution is -0.384. The van der Waals surface area contributed by atoms with Crippen molar-refractivity contribution in [1.82, 2.24) is 15.5 Å². The van der Waals surface area contributed by atoms with Gasteiger partial charge < -0.3 is 9.84 Å². The van der Waals surface area contributed by atoms with Gasteiger partial charge in [0.25, 0.3) is 11.6 Å². The van der Waals surface area contributed by atoms with E-state index in [2.05, 4.69) is 31.4 Å². The second-order valence-electron chi connectivity index (χ2n) is 5.46. The third-order valence-electron chi connectivity index (χ3n) is 3.63. The van der Waals surface area contributed by atoms with Crippen LogP contribution in [0.4, 0.5) is 5.69 Å². The fraction of sp³-hybridized carbons (Fsp3) is 0.118. The van der Waals surface area contributed by atoms with Gasteiger partial charge in [-0.2, -0.15) is 4.98 Å². The predicted octanol–water partition coefficient (Wildman–Crippen LogP) is 3.65. The van der Waals surface area contributed by atoms with Crippen molar-refractivity contribution in [3.05, 3.63) is 74.1 Å². The minimum Gasteiger partial charge on any atom is -0.343 e. The van der Waals surface area contributed by atoms with Gasteiger partial charge in [0.2, 0.25) is 11.7 Å². The molecule has 0 radical (unpaired) electrons. The largest absolute Gasteiger partial charge is 0.343 e. The predicted molar refractivity (Wildman–Crippen MR) is 96.4 cm³/mol. The number of aromatic nitrogens is 2. The van der Waals surface area contributed by atoms with Crippen molar-refractivity contribution in [2.75, 3.05) is 0 Å². The zero-order chi connectivity index (χ0) is 18.7. The SMILES string of the molecule is Cc1ccc([N+](=O)[O-])cc1C(=O)NCc1nc(-c2cccc(Br)c2)no1. The number of halogens is 1. The maximum absolute atomic E-state index is 12.3. The van der Waals surface area contributed by atoms with E-state index in [1.165, 1.54) is 18.2 Å². The van der Waals surface area contributed by atoms with Crippen LogP contribution >= 0.6 is 15.9 Å². The number of nitro benzene ring substituents is 1. The maximum Gasteiger partial charge on any atom is 0.270 e. The van der Waals surface area contributed by atoms with E-state index in [0.29, 0.717) is 11.4 Å². The third kappa shape index (κ3) is 3.94. The summed E-state index contributed by atoms with van der Waals surface area (Å²) in [6.45, 7) is 1.72. The molecule has 9 heteroatoms. The van der Waals surface area contributed by atoms with Crippen molar-refractivity contribution < 1.29 is 14.2 Å². The van der Waals surface area contributed by atoms with Crippen LogP contribution in [0.25, 0.3) is 11.4 Å². The monoisotopic (exact) mass is 416 g/mol. The number of nitrogens with one attached hydrogen (secondary N) is 1. The highest BCUT2D eigenvalue weighted by Gasteiger charge is 2.16. The fourth-order valence-corrected chi connectivity index (χ4v) is 2.69. The molecule has 8 nitrogen and oxygen atoms in total. The van der Waals surface area contributed by atoms with Gasteiger partial charge in [-0.25, -0.2) is 0 Å². The molecule has 1 amide bonds. The number of non-ortho nitro benzene ring substituents is 1. The number of hydrogen-bond donors (Lipinski definition) is 1. The summed E-state index contributed by atoms with van der Waals surface area (Å²) < 4.78 is 6.02. The van der Waals surface area contributed by atoms with Crippen molar-refractivity contribution in [2.45, 2.75) is 13.5 Å². The van der Waals surface area contributed by atoms with Crippen LogP contribution in [0.3, 0.4) is 0 Å². The van der Waals surface area contributed by atoms with Crippen molar-refractivity contribution in [3.8, 4) is 11.4 Å². The Morgan fingerprint density at radius 3 is 2.85 bits per heavy atom. The van der Waals surface area contributed by atoms with Gasteiger partial charge in [0.05, 0.1) is 11.5 Å². The summed E-state index contributed by atoms with van der Waals surface area (Å²) in [5.74, 6) is 0.187. The van der Waals surface area contributed by atoms with Crippen LogP contribution in [-0.2, 0) is 6.54 Å². The van der Waals surface area contributed by atoms with E-state index in [-0.39, 0.29) is 23.7 Å². The van der Waals surface area contributed by atoms with Crippen LogP contribution in [0, 0.1) is 17.0 Å². The Hall–Kier alpha value is -3.07. The molecule has 0 unspecified atom stereocenters. The average molecular weight is 417 g/mol. The quantitative estimate of drug-likeness (QED) is 0.501. The number of carbonyl (C=O) groups is 1. The number of rotatable bonds is 5. The first-order valence-corrected chi connectivity index (χ1v) is 8.35. The van der Waals surface area contributed by atoms with Gasteiger partial charge in [0.15, 0.2) is 0 Å². The number of amides is 1. The summed E-state index contributed by atoms with van der Waals surface area (Å²) in [5, 5.41) is 17.4. The Labute approximate surface area is 156 Å². The molecule has 0 aliphatic rings. The smallest absolute Gasteiger partial charge is 0.270 e. The molecule has 132 valence electrons. The lowest BCUT2D eigenvalue weighted by Gasteiger charge is -2.05. The number of nitro groups is 1. The number of nitrogens with zero attached hydrogens (tertiary/aromatic N) is 3. The van der Waals surface area contributed by atoms with Crippen molar-refractivity contribution in [3.63, 3.8) is 0 Å². The third-order valence-corrected chi connectivity index (χ3v) is 4.12. The first kappa shape index (κ1) is 17.7. The Kier molecular flexibility index (Phi) is 5.08. The van der Waals surface area contributed by atoms with Crippen molar-refractivity contribution in [2.24, 2.45) is 0 Å². The lowest BCUT2D eigenvalue weighted by atomic mass is 10.1. The molecular formula is C17H13BrN4O4. The molecule has 2 aromatic carbocycles. The molecule has 1 N–H and O–H groups in total. The summed E-state index contributed by atoms with van der Waals surface area (Å²) in [6, 6.07) is 11.5. The van der Waals surface area contributed by atoms with E-state index >= 15 is 0 Å². The van der Waals surface area contributed by atoms with Crippen LogP contribution in [0.2, 0.25) is 0 Å². The van der Waals surface area contributed by atoms with E-state index in [0.717, 1.165) is 10.0 Å². The molecule has 1 aromatic heterocycles. The van der Waals surface area contributed by atoms with Gasteiger partial charge in [-0.1, -0.05) is 39.3 Å². The zero-order valence-electron chi connectivity index (χ0n) is 13.6. The maximum atomic E-state index is 12.3. The minimum atomic E-state index is -0.543. The van der Waals surface area contributed by atoms with Crippen LogP contribution in [0.15, 0.2) is 51.5 Å². The number of aryl methyl sites for hydroxylation is 1. The Bertz CT molecular complexity index is 986. The summed E-state index contributed by atoms with van der Waals surface area (Å²) in [5.41, 5.74) is 1.49. The molecule has 0 saturated carbocycles. The molecular weight excluding hydrogens is 404 g/mol. The molecule has 0 aliphatic heterocycles. The van der Waals surface area contributed by atoms with Crippen molar-refractivity contribution >= 4 is 27.5 Å². The molecule has 0 saturated heterocycles. The second-order valence-corrected chi connectivity index (χ2v) is 6.38. The summed E-state index contributed by atoms with van der Waals surface area (Å²) in [4.78, 5) is 26.9. The molecule has 3 rings (SSSR count).